The van der Waals surface area contributed by atoms with Crippen LogP contribution in [-0.4, -0.2) is 36.0 Å². The molecule has 0 amide bonds. The maximum Gasteiger partial charge on any atom is 0.0766 e. The van der Waals surface area contributed by atoms with E-state index in [1.165, 1.54) is 12.8 Å². The molecule has 2 atom stereocenters. The van der Waals surface area contributed by atoms with Crippen LogP contribution < -0.4 is 5.32 Å². The molecule has 2 N–H and O–H groups in total. The highest BCUT2D eigenvalue weighted by molar-refractivity contribution is 4.94. The van der Waals surface area contributed by atoms with Gasteiger partial charge >= 0.3 is 0 Å². The van der Waals surface area contributed by atoms with Crippen LogP contribution in [0.15, 0.2) is 0 Å². The highest BCUT2D eigenvalue weighted by Gasteiger charge is 2.41. The van der Waals surface area contributed by atoms with Crippen molar-refractivity contribution in [3.63, 3.8) is 0 Å². The Bertz CT molecular complexity index is 224. The molecule has 0 spiro atoms. The van der Waals surface area contributed by atoms with Crippen molar-refractivity contribution >= 4 is 0 Å². The van der Waals surface area contributed by atoms with Gasteiger partial charge in [0.15, 0.2) is 0 Å². The maximum absolute atomic E-state index is 10.2. The van der Waals surface area contributed by atoms with Crippen LogP contribution in [0.25, 0.3) is 0 Å². The van der Waals surface area contributed by atoms with Gasteiger partial charge in [0.1, 0.15) is 0 Å². The predicted octanol–water partition coefficient (Wildman–Crippen LogP) is 1.69. The van der Waals surface area contributed by atoms with E-state index >= 15 is 0 Å². The zero-order valence-electron chi connectivity index (χ0n) is 10.5. The molecule has 1 saturated carbocycles. The van der Waals surface area contributed by atoms with Gasteiger partial charge in [0, 0.05) is 19.2 Å². The average Bonchev–Trinajstić information content (AvgIpc) is 3.05. The third-order valence-electron chi connectivity index (χ3n) is 4.23. The topological polar surface area (TPSA) is 41.5 Å². The molecule has 2 rings (SSSR count). The summed E-state index contributed by atoms with van der Waals surface area (Å²) in [6.45, 7) is 5.69. The van der Waals surface area contributed by atoms with Gasteiger partial charge in [-0.2, -0.15) is 0 Å². The summed E-state index contributed by atoms with van der Waals surface area (Å²) in [5, 5.41) is 13.7. The van der Waals surface area contributed by atoms with Gasteiger partial charge < -0.3 is 15.2 Å². The molecule has 1 aliphatic heterocycles. The molecule has 0 aromatic rings. The zero-order valence-corrected chi connectivity index (χ0v) is 10.5. The lowest BCUT2D eigenvalue weighted by atomic mass is 9.96. The lowest BCUT2D eigenvalue weighted by Crippen LogP contribution is -2.47. The molecule has 0 radical (unpaired) electrons. The lowest BCUT2D eigenvalue weighted by Gasteiger charge is -2.29. The van der Waals surface area contributed by atoms with Gasteiger partial charge in [0.05, 0.1) is 11.7 Å². The van der Waals surface area contributed by atoms with Gasteiger partial charge in [0.25, 0.3) is 0 Å². The Morgan fingerprint density at radius 2 is 1.94 bits per heavy atom. The second kappa shape index (κ2) is 5.03. The molecule has 2 unspecified atom stereocenters. The number of hydrogen-bond donors (Lipinski definition) is 2. The standard InChI is InChI=1S/C13H25NO2/c1-3-13(15,4-2)9-14-11-7-8-16-12(11)10-5-6-10/h10-12,14-15H,3-9H2,1-2H3. The number of nitrogens with one attached hydrogen (secondary N) is 1. The summed E-state index contributed by atoms with van der Waals surface area (Å²) in [5.41, 5.74) is -0.531. The van der Waals surface area contributed by atoms with E-state index in [-0.39, 0.29) is 0 Å². The Balaban J connectivity index is 1.80. The lowest BCUT2D eigenvalue weighted by molar-refractivity contribution is 0.0232. The zero-order chi connectivity index (χ0) is 11.6. The number of aliphatic hydroxyl groups is 1. The van der Waals surface area contributed by atoms with E-state index in [0.717, 1.165) is 31.8 Å². The monoisotopic (exact) mass is 227 g/mol. The molecule has 0 aromatic carbocycles. The van der Waals surface area contributed by atoms with Gasteiger partial charge in [-0.15, -0.1) is 0 Å². The first-order chi connectivity index (χ1) is 7.68. The van der Waals surface area contributed by atoms with E-state index in [1.807, 2.05) is 0 Å². The number of rotatable bonds is 6. The van der Waals surface area contributed by atoms with Gasteiger partial charge in [-0.1, -0.05) is 13.8 Å². The van der Waals surface area contributed by atoms with Crippen molar-refractivity contribution in [3.8, 4) is 0 Å². The van der Waals surface area contributed by atoms with Gasteiger partial charge in [-0.3, -0.25) is 0 Å². The molecule has 1 saturated heterocycles. The molecule has 3 heteroatoms. The Morgan fingerprint density at radius 1 is 1.25 bits per heavy atom. The minimum Gasteiger partial charge on any atom is -0.389 e. The highest BCUT2D eigenvalue weighted by Crippen LogP contribution is 2.38. The molecule has 1 aliphatic carbocycles. The Kier molecular flexibility index (Phi) is 3.88. The van der Waals surface area contributed by atoms with Crippen LogP contribution in [0, 0.1) is 5.92 Å². The van der Waals surface area contributed by atoms with Crippen LogP contribution in [-0.2, 0) is 4.74 Å². The second-order valence-corrected chi connectivity index (χ2v) is 5.38. The van der Waals surface area contributed by atoms with Crippen LogP contribution >= 0.6 is 0 Å². The average molecular weight is 227 g/mol. The smallest absolute Gasteiger partial charge is 0.0766 e. The molecule has 3 nitrogen and oxygen atoms in total. The van der Waals surface area contributed by atoms with Crippen molar-refractivity contribution in [3.05, 3.63) is 0 Å². The van der Waals surface area contributed by atoms with Crippen molar-refractivity contribution in [2.24, 2.45) is 5.92 Å². The minimum atomic E-state index is -0.531. The van der Waals surface area contributed by atoms with Crippen molar-refractivity contribution < 1.29 is 9.84 Å². The summed E-state index contributed by atoms with van der Waals surface area (Å²) in [4.78, 5) is 0. The molecule has 2 aliphatic rings. The van der Waals surface area contributed by atoms with Gasteiger partial charge in [-0.25, -0.2) is 0 Å². The van der Waals surface area contributed by atoms with Crippen LogP contribution in [0.5, 0.6) is 0 Å². The molecule has 0 bridgehead atoms. The van der Waals surface area contributed by atoms with Crippen LogP contribution in [0.2, 0.25) is 0 Å². The fraction of sp³-hybridized carbons (Fsp3) is 1.00. The van der Waals surface area contributed by atoms with Crippen LogP contribution in [0.1, 0.15) is 46.0 Å². The third kappa shape index (κ3) is 2.76. The number of hydrogen-bond acceptors (Lipinski definition) is 3. The highest BCUT2D eigenvalue weighted by atomic mass is 16.5. The van der Waals surface area contributed by atoms with Crippen LogP contribution in [0.4, 0.5) is 0 Å². The van der Waals surface area contributed by atoms with E-state index in [2.05, 4.69) is 19.2 Å². The normalized spacial score (nSPS) is 30.9. The second-order valence-electron chi connectivity index (χ2n) is 5.38. The quantitative estimate of drug-likeness (QED) is 0.725. The Labute approximate surface area is 98.6 Å². The maximum atomic E-state index is 10.2. The molecule has 1 heterocycles. The first kappa shape index (κ1) is 12.3. The van der Waals surface area contributed by atoms with Crippen molar-refractivity contribution in [2.45, 2.75) is 63.7 Å². The SMILES string of the molecule is CCC(O)(CC)CNC1CCOC1C1CC1. The third-order valence-corrected chi connectivity index (χ3v) is 4.23. The Morgan fingerprint density at radius 3 is 2.50 bits per heavy atom. The molecule has 2 fully saturated rings. The molecule has 0 aromatic heterocycles. The Hall–Kier alpha value is -0.120. The van der Waals surface area contributed by atoms with Gasteiger partial charge in [0.2, 0.25) is 0 Å². The summed E-state index contributed by atoms with van der Waals surface area (Å²) in [6, 6.07) is 0.470. The van der Waals surface area contributed by atoms with E-state index in [1.54, 1.807) is 0 Å². The van der Waals surface area contributed by atoms with Gasteiger partial charge in [-0.05, 0) is 38.0 Å². The van der Waals surface area contributed by atoms with Crippen molar-refractivity contribution in [1.29, 1.82) is 0 Å². The van der Waals surface area contributed by atoms with E-state index < -0.39 is 5.60 Å². The van der Waals surface area contributed by atoms with E-state index in [9.17, 15) is 5.11 Å². The molecule has 16 heavy (non-hydrogen) atoms. The fourth-order valence-electron chi connectivity index (χ4n) is 2.54. The first-order valence-corrected chi connectivity index (χ1v) is 6.76. The number of ether oxygens (including phenoxy) is 1. The molecular weight excluding hydrogens is 202 g/mol. The van der Waals surface area contributed by atoms with Crippen LogP contribution in [0.3, 0.4) is 0 Å². The fourth-order valence-corrected chi connectivity index (χ4v) is 2.54. The first-order valence-electron chi connectivity index (χ1n) is 6.76. The van der Waals surface area contributed by atoms with Crippen molar-refractivity contribution in [1.82, 2.24) is 5.32 Å². The summed E-state index contributed by atoms with van der Waals surface area (Å²) >= 11 is 0. The van der Waals surface area contributed by atoms with Crippen molar-refractivity contribution in [2.75, 3.05) is 13.2 Å². The van der Waals surface area contributed by atoms with E-state index in [0.29, 0.717) is 18.7 Å². The summed E-state index contributed by atoms with van der Waals surface area (Å²) < 4.78 is 5.78. The summed E-state index contributed by atoms with van der Waals surface area (Å²) in [6.07, 6.45) is 5.81. The summed E-state index contributed by atoms with van der Waals surface area (Å²) in [7, 11) is 0. The van der Waals surface area contributed by atoms with E-state index in [4.69, 9.17) is 4.74 Å². The summed E-state index contributed by atoms with van der Waals surface area (Å²) in [5.74, 6) is 0.788. The predicted molar refractivity (Wildman–Crippen MR) is 64.4 cm³/mol. The molecular formula is C13H25NO2. The molecule has 94 valence electrons. The largest absolute Gasteiger partial charge is 0.389 e. The minimum absolute atomic E-state index is 0.415.